The Morgan fingerprint density at radius 3 is 2.76 bits per heavy atom. The molecule has 8 nitrogen and oxygen atoms in total. The summed E-state index contributed by atoms with van der Waals surface area (Å²) in [6.07, 6.45) is 4.24. The number of aryl methyl sites for hydroxylation is 1. The number of piperidine rings is 3. The summed E-state index contributed by atoms with van der Waals surface area (Å²) in [5, 5.41) is 19.2. The van der Waals surface area contributed by atoms with E-state index in [1.807, 2.05) is 31.3 Å². The molecule has 1 amide bonds. The average Bonchev–Trinajstić information content (AvgIpc) is 3.35. The SMILES string of the molecule is Cc1cnc(-c2ccc3[nH]nc(C(=O)N[C@H]4CN5CCC4CC5)c3c2)s1.O=CO. The molecular weight excluding hydrogens is 390 g/mol. The van der Waals surface area contributed by atoms with Crippen LogP contribution in [0.25, 0.3) is 21.5 Å². The summed E-state index contributed by atoms with van der Waals surface area (Å²) < 4.78 is 0. The molecule has 29 heavy (non-hydrogen) atoms. The van der Waals surface area contributed by atoms with Crippen molar-refractivity contribution in [3.8, 4) is 10.6 Å². The van der Waals surface area contributed by atoms with E-state index in [4.69, 9.17) is 9.90 Å². The number of nitrogens with one attached hydrogen (secondary N) is 2. The number of aromatic amines is 1. The molecule has 2 bridgehead atoms. The molecule has 3 aliphatic rings. The fourth-order valence-corrected chi connectivity index (χ4v) is 4.93. The molecule has 3 fully saturated rings. The lowest BCUT2D eigenvalue weighted by molar-refractivity contribution is -0.122. The Hall–Kier alpha value is -2.78. The minimum atomic E-state index is -0.250. The van der Waals surface area contributed by atoms with Crippen LogP contribution in [0.15, 0.2) is 24.4 Å². The van der Waals surface area contributed by atoms with E-state index >= 15 is 0 Å². The molecule has 3 saturated heterocycles. The number of hydrogen-bond acceptors (Lipinski definition) is 6. The quantitative estimate of drug-likeness (QED) is 0.569. The van der Waals surface area contributed by atoms with Gasteiger partial charge in [0.25, 0.3) is 12.4 Å². The summed E-state index contributed by atoms with van der Waals surface area (Å²) in [7, 11) is 0. The lowest BCUT2D eigenvalue weighted by Crippen LogP contribution is -2.57. The highest BCUT2D eigenvalue weighted by molar-refractivity contribution is 7.14. The first-order valence-corrected chi connectivity index (χ1v) is 10.4. The molecule has 0 saturated carbocycles. The molecule has 152 valence electrons. The van der Waals surface area contributed by atoms with Gasteiger partial charge in [0.1, 0.15) is 5.01 Å². The van der Waals surface area contributed by atoms with E-state index < -0.39 is 0 Å². The van der Waals surface area contributed by atoms with Crippen LogP contribution < -0.4 is 5.32 Å². The summed E-state index contributed by atoms with van der Waals surface area (Å²) in [6, 6.07) is 6.25. The number of nitrogens with zero attached hydrogens (tertiary/aromatic N) is 3. The van der Waals surface area contributed by atoms with Gasteiger partial charge in [-0.2, -0.15) is 5.10 Å². The highest BCUT2D eigenvalue weighted by atomic mass is 32.1. The highest BCUT2D eigenvalue weighted by Crippen LogP contribution is 2.30. The summed E-state index contributed by atoms with van der Waals surface area (Å²) in [5.74, 6) is 0.519. The molecule has 3 N–H and O–H groups in total. The van der Waals surface area contributed by atoms with Gasteiger partial charge < -0.3 is 15.3 Å². The van der Waals surface area contributed by atoms with E-state index in [1.165, 1.54) is 30.8 Å². The molecule has 6 rings (SSSR count). The number of carboxylic acid groups (broad SMARTS) is 1. The Labute approximate surface area is 171 Å². The molecule has 3 aliphatic heterocycles. The molecule has 9 heteroatoms. The van der Waals surface area contributed by atoms with Gasteiger partial charge in [-0.05, 0) is 57.0 Å². The number of fused-ring (bicyclic) bond motifs is 4. The second-order valence-electron chi connectivity index (χ2n) is 7.43. The van der Waals surface area contributed by atoms with Gasteiger partial charge in [0.05, 0.1) is 5.52 Å². The van der Waals surface area contributed by atoms with Gasteiger partial charge in [-0.25, -0.2) is 4.98 Å². The van der Waals surface area contributed by atoms with E-state index in [9.17, 15) is 4.79 Å². The Balaban J connectivity index is 0.000000645. The Morgan fingerprint density at radius 1 is 1.38 bits per heavy atom. The molecule has 0 spiro atoms. The molecule has 2 aromatic heterocycles. The molecular formula is C20H23N5O3S. The van der Waals surface area contributed by atoms with E-state index in [-0.39, 0.29) is 18.4 Å². The first-order valence-electron chi connectivity index (χ1n) is 9.61. The zero-order valence-corrected chi connectivity index (χ0v) is 16.9. The Kier molecular flexibility index (Phi) is 5.59. The fraction of sp³-hybridized carbons (Fsp3) is 0.400. The number of carbonyl (C=O) groups is 2. The minimum absolute atomic E-state index is 0.0810. The maximum Gasteiger partial charge on any atom is 0.290 e. The van der Waals surface area contributed by atoms with Crippen molar-refractivity contribution in [3.05, 3.63) is 35.0 Å². The predicted octanol–water partition coefficient (Wildman–Crippen LogP) is 2.52. The maximum absolute atomic E-state index is 12.9. The average molecular weight is 414 g/mol. The lowest BCUT2D eigenvalue weighted by atomic mass is 9.84. The van der Waals surface area contributed by atoms with Gasteiger partial charge in [-0.15, -0.1) is 11.3 Å². The number of carbonyl (C=O) groups excluding carboxylic acids is 1. The molecule has 1 aromatic carbocycles. The third-order valence-corrected chi connectivity index (χ3v) is 6.58. The number of hydrogen-bond donors (Lipinski definition) is 3. The zero-order chi connectivity index (χ0) is 20.4. The predicted molar refractivity (Wildman–Crippen MR) is 111 cm³/mol. The molecule has 0 aliphatic carbocycles. The minimum Gasteiger partial charge on any atom is -0.483 e. The summed E-state index contributed by atoms with van der Waals surface area (Å²) in [5.41, 5.74) is 2.38. The first-order chi connectivity index (χ1) is 14.1. The van der Waals surface area contributed by atoms with Gasteiger partial charge in [-0.1, -0.05) is 0 Å². The monoisotopic (exact) mass is 413 g/mol. The number of rotatable bonds is 3. The lowest BCUT2D eigenvalue weighted by Gasteiger charge is -2.44. The van der Waals surface area contributed by atoms with Crippen LogP contribution in [-0.2, 0) is 4.79 Å². The maximum atomic E-state index is 12.9. The van der Waals surface area contributed by atoms with E-state index in [0.29, 0.717) is 11.6 Å². The Bertz CT molecular complexity index is 1020. The molecule has 3 aromatic rings. The van der Waals surface area contributed by atoms with Gasteiger partial charge in [0.15, 0.2) is 5.69 Å². The molecule has 0 unspecified atom stereocenters. The third-order valence-electron chi connectivity index (χ3n) is 5.62. The number of amides is 1. The molecule has 0 radical (unpaired) electrons. The second-order valence-corrected chi connectivity index (χ2v) is 8.67. The van der Waals surface area contributed by atoms with Crippen molar-refractivity contribution in [3.63, 3.8) is 0 Å². The van der Waals surface area contributed by atoms with Crippen molar-refractivity contribution in [1.29, 1.82) is 0 Å². The Morgan fingerprint density at radius 2 is 2.14 bits per heavy atom. The summed E-state index contributed by atoms with van der Waals surface area (Å²) in [4.78, 5) is 29.3. The molecule has 5 heterocycles. The second kappa shape index (κ2) is 8.30. The summed E-state index contributed by atoms with van der Waals surface area (Å²) in [6.45, 7) is 5.09. The van der Waals surface area contributed by atoms with E-state index in [1.54, 1.807) is 11.3 Å². The van der Waals surface area contributed by atoms with Crippen LogP contribution in [0.4, 0.5) is 0 Å². The largest absolute Gasteiger partial charge is 0.483 e. The third kappa shape index (κ3) is 4.01. The normalized spacial score (nSPS) is 22.7. The zero-order valence-electron chi connectivity index (χ0n) is 16.1. The van der Waals surface area contributed by atoms with Crippen LogP contribution in [-0.4, -0.2) is 63.2 Å². The van der Waals surface area contributed by atoms with Crippen molar-refractivity contribution in [2.75, 3.05) is 19.6 Å². The van der Waals surface area contributed by atoms with Crippen LogP contribution in [0.1, 0.15) is 28.2 Å². The van der Waals surface area contributed by atoms with E-state index in [2.05, 4.69) is 25.4 Å². The van der Waals surface area contributed by atoms with Gasteiger partial charge in [0, 0.05) is 34.6 Å². The smallest absolute Gasteiger partial charge is 0.290 e. The van der Waals surface area contributed by atoms with Crippen LogP contribution in [0, 0.1) is 12.8 Å². The fourth-order valence-electron chi connectivity index (χ4n) is 4.17. The van der Waals surface area contributed by atoms with Crippen molar-refractivity contribution in [2.24, 2.45) is 5.92 Å². The number of benzene rings is 1. The van der Waals surface area contributed by atoms with Crippen molar-refractivity contribution in [1.82, 2.24) is 25.4 Å². The van der Waals surface area contributed by atoms with Crippen molar-refractivity contribution < 1.29 is 14.7 Å². The van der Waals surface area contributed by atoms with Crippen LogP contribution in [0.5, 0.6) is 0 Å². The number of H-pyrrole nitrogens is 1. The first kappa shape index (κ1) is 19.5. The van der Waals surface area contributed by atoms with Gasteiger partial charge in [-0.3, -0.25) is 14.7 Å². The van der Waals surface area contributed by atoms with Crippen LogP contribution in [0.3, 0.4) is 0 Å². The van der Waals surface area contributed by atoms with Gasteiger partial charge >= 0.3 is 0 Å². The van der Waals surface area contributed by atoms with Crippen LogP contribution >= 0.6 is 11.3 Å². The van der Waals surface area contributed by atoms with Crippen molar-refractivity contribution >= 4 is 34.6 Å². The molecule has 1 atom stereocenters. The number of thiazole rings is 1. The topological polar surface area (TPSA) is 111 Å². The summed E-state index contributed by atoms with van der Waals surface area (Å²) >= 11 is 1.66. The van der Waals surface area contributed by atoms with Crippen molar-refractivity contribution in [2.45, 2.75) is 25.8 Å². The van der Waals surface area contributed by atoms with Crippen LogP contribution in [0.2, 0.25) is 0 Å². The number of aromatic nitrogens is 3. The highest BCUT2D eigenvalue weighted by Gasteiger charge is 2.35. The van der Waals surface area contributed by atoms with Gasteiger partial charge in [0.2, 0.25) is 0 Å². The standard InChI is InChI=1S/C19H21N5OS.CH2O2/c1-11-9-20-19(26-11)13-2-3-15-14(8-13)17(23-22-15)18(25)21-16-10-24-6-4-12(16)5-7-24;2-1-3/h2-3,8-9,12,16H,4-7,10H2,1H3,(H,21,25)(H,22,23);1H,(H,2,3)/t16-;/m0./s1. The van der Waals surface area contributed by atoms with E-state index in [0.717, 1.165) is 28.0 Å².